The Morgan fingerprint density at radius 3 is 2.47 bits per heavy atom. The molecule has 0 saturated carbocycles. The predicted molar refractivity (Wildman–Crippen MR) is 56.8 cm³/mol. The van der Waals surface area contributed by atoms with Gasteiger partial charge in [0.2, 0.25) is 0 Å². The molecule has 0 aliphatic heterocycles. The van der Waals surface area contributed by atoms with Gasteiger partial charge in [0.05, 0.1) is 0 Å². The van der Waals surface area contributed by atoms with Crippen molar-refractivity contribution in [3.63, 3.8) is 0 Å². The van der Waals surface area contributed by atoms with E-state index in [-0.39, 0.29) is 21.9 Å². The van der Waals surface area contributed by atoms with Crippen molar-refractivity contribution in [3.05, 3.63) is 23.0 Å². The van der Waals surface area contributed by atoms with Crippen LogP contribution >= 0.6 is 11.6 Å². The highest BCUT2D eigenvalue weighted by atomic mass is 35.5. The van der Waals surface area contributed by atoms with Gasteiger partial charge in [-0.15, -0.1) is 0 Å². The lowest BCUT2D eigenvalue weighted by Gasteiger charge is -2.01. The van der Waals surface area contributed by atoms with Crippen LogP contribution in [0.5, 0.6) is 5.75 Å². The van der Waals surface area contributed by atoms with E-state index in [0.29, 0.717) is 4.57 Å². The molecule has 0 radical (unpaired) electrons. The molecule has 17 heavy (non-hydrogen) atoms. The number of rotatable bonds is 1. The summed E-state index contributed by atoms with van der Waals surface area (Å²) in [6, 6.07) is 2.24. The van der Waals surface area contributed by atoms with Crippen LogP contribution in [0.1, 0.15) is 10.5 Å². The fourth-order valence-corrected chi connectivity index (χ4v) is 1.58. The van der Waals surface area contributed by atoms with Crippen LogP contribution in [0.15, 0.2) is 12.1 Å². The molecule has 8 heteroatoms. The molecule has 2 aromatic heterocycles. The zero-order valence-electron chi connectivity index (χ0n) is 8.09. The topological polar surface area (TPSA) is 113 Å². The first-order valence-electron chi connectivity index (χ1n) is 4.29. The molecule has 7 nitrogen and oxygen atoms in total. The second-order valence-electron chi connectivity index (χ2n) is 3.16. The number of fused-ring (bicyclic) bond motifs is 1. The van der Waals surface area contributed by atoms with Gasteiger partial charge in [-0.3, -0.25) is 0 Å². The molecule has 0 fully saturated rings. The maximum atomic E-state index is 11.0. The van der Waals surface area contributed by atoms with Gasteiger partial charge < -0.3 is 15.3 Å². The number of aromatic nitrogens is 2. The van der Waals surface area contributed by atoms with Gasteiger partial charge in [-0.1, -0.05) is 11.6 Å². The van der Waals surface area contributed by atoms with Crippen LogP contribution in [-0.4, -0.2) is 36.9 Å². The zero-order chi connectivity index (χ0) is 12.7. The van der Waals surface area contributed by atoms with E-state index < -0.39 is 17.8 Å². The Morgan fingerprint density at radius 2 is 1.94 bits per heavy atom. The minimum Gasteiger partial charge on any atom is -0.505 e. The van der Waals surface area contributed by atoms with E-state index in [2.05, 4.69) is 4.98 Å². The van der Waals surface area contributed by atoms with Crippen LogP contribution in [0.25, 0.3) is 11.0 Å². The molecule has 0 spiro atoms. The largest absolute Gasteiger partial charge is 0.505 e. The summed E-state index contributed by atoms with van der Waals surface area (Å²) in [6.07, 6.45) is -1.49. The van der Waals surface area contributed by atoms with Crippen molar-refractivity contribution < 1.29 is 24.9 Å². The molecule has 0 atom stereocenters. The van der Waals surface area contributed by atoms with Crippen LogP contribution in [0.3, 0.4) is 0 Å². The van der Waals surface area contributed by atoms with Crippen LogP contribution < -0.4 is 0 Å². The van der Waals surface area contributed by atoms with Crippen LogP contribution in [-0.2, 0) is 0 Å². The van der Waals surface area contributed by atoms with E-state index in [1.165, 1.54) is 0 Å². The number of carboxylic acids is 1. The van der Waals surface area contributed by atoms with Crippen molar-refractivity contribution in [3.8, 4) is 5.75 Å². The normalized spacial score (nSPS) is 10.6. The average molecular weight is 257 g/mol. The summed E-state index contributed by atoms with van der Waals surface area (Å²) < 4.78 is 0.489. The van der Waals surface area contributed by atoms with Crippen LogP contribution in [0, 0.1) is 0 Å². The molecule has 0 aliphatic carbocycles. The van der Waals surface area contributed by atoms with E-state index in [1.54, 1.807) is 0 Å². The third-order valence-corrected chi connectivity index (χ3v) is 2.40. The molecule has 2 heterocycles. The van der Waals surface area contributed by atoms with Crippen molar-refractivity contribution >= 4 is 34.7 Å². The van der Waals surface area contributed by atoms with Gasteiger partial charge in [0.15, 0.2) is 16.5 Å². The summed E-state index contributed by atoms with van der Waals surface area (Å²) in [5.74, 6) is -1.76. The third kappa shape index (κ3) is 1.66. The molecule has 88 valence electrons. The minimum absolute atomic E-state index is 0.141. The number of nitrogens with zero attached hydrogens (tertiary/aromatic N) is 2. The molecular formula is C9H5ClN2O5. The molecule has 0 amide bonds. The summed E-state index contributed by atoms with van der Waals surface area (Å²) in [5, 5.41) is 26.9. The highest BCUT2D eigenvalue weighted by molar-refractivity contribution is 6.31. The van der Waals surface area contributed by atoms with E-state index in [9.17, 15) is 14.7 Å². The standard InChI is InChI=1S/C9H5ClN2O5/c10-6-5(13)2-3-1-4(8(14)15)12(9(16)17)7(3)11-6/h1-2,13H,(H,14,15)(H,16,17). The molecule has 0 unspecified atom stereocenters. The van der Waals surface area contributed by atoms with Crippen molar-refractivity contribution in [2.75, 3.05) is 0 Å². The van der Waals surface area contributed by atoms with E-state index in [0.717, 1.165) is 12.1 Å². The molecule has 3 N–H and O–H groups in total. The van der Waals surface area contributed by atoms with E-state index >= 15 is 0 Å². The summed E-state index contributed by atoms with van der Waals surface area (Å²) >= 11 is 5.54. The van der Waals surface area contributed by atoms with Crippen molar-refractivity contribution in [1.82, 2.24) is 9.55 Å². The Hall–Kier alpha value is -2.28. The van der Waals surface area contributed by atoms with E-state index in [1.807, 2.05) is 0 Å². The lowest BCUT2D eigenvalue weighted by atomic mass is 10.3. The molecule has 0 aliphatic rings. The first-order chi connectivity index (χ1) is 7.91. The number of hydrogen-bond donors (Lipinski definition) is 3. The number of aromatic hydroxyl groups is 1. The van der Waals surface area contributed by atoms with Gasteiger partial charge >= 0.3 is 12.1 Å². The van der Waals surface area contributed by atoms with Gasteiger partial charge in [0, 0.05) is 5.39 Å². The number of aromatic carboxylic acids is 1. The second kappa shape index (κ2) is 3.63. The number of carboxylic acid groups (broad SMARTS) is 2. The maximum Gasteiger partial charge on any atom is 0.417 e. The van der Waals surface area contributed by atoms with Gasteiger partial charge in [-0.05, 0) is 12.1 Å². The molecule has 0 aromatic carbocycles. The average Bonchev–Trinajstić information content (AvgIpc) is 2.57. The first-order valence-corrected chi connectivity index (χ1v) is 4.67. The first kappa shape index (κ1) is 11.2. The highest BCUT2D eigenvalue weighted by Gasteiger charge is 2.21. The smallest absolute Gasteiger partial charge is 0.417 e. The number of hydrogen-bond acceptors (Lipinski definition) is 4. The monoisotopic (exact) mass is 256 g/mol. The van der Waals surface area contributed by atoms with Crippen molar-refractivity contribution in [2.24, 2.45) is 0 Å². The minimum atomic E-state index is -1.49. The fraction of sp³-hybridized carbons (Fsp3) is 0. The Balaban J connectivity index is 2.90. The van der Waals surface area contributed by atoms with Gasteiger partial charge in [-0.2, -0.15) is 0 Å². The van der Waals surface area contributed by atoms with Gasteiger partial charge in [0.1, 0.15) is 5.69 Å². The van der Waals surface area contributed by atoms with Crippen LogP contribution in [0.2, 0.25) is 5.15 Å². The lowest BCUT2D eigenvalue weighted by molar-refractivity contribution is 0.0684. The Kier molecular flexibility index (Phi) is 2.40. The summed E-state index contributed by atoms with van der Waals surface area (Å²) in [6.45, 7) is 0. The van der Waals surface area contributed by atoms with Crippen molar-refractivity contribution in [1.29, 1.82) is 0 Å². The zero-order valence-corrected chi connectivity index (χ0v) is 8.84. The Bertz CT molecular complexity index is 648. The fourth-order valence-electron chi connectivity index (χ4n) is 1.45. The quantitative estimate of drug-likeness (QED) is 0.668. The molecule has 2 aromatic rings. The molecular weight excluding hydrogens is 252 g/mol. The maximum absolute atomic E-state index is 11.0. The predicted octanol–water partition coefficient (Wildman–Crippen LogP) is 1.62. The Morgan fingerprint density at radius 1 is 1.29 bits per heavy atom. The summed E-state index contributed by atoms with van der Waals surface area (Å²) in [5.41, 5.74) is -0.612. The molecule has 0 bridgehead atoms. The lowest BCUT2D eigenvalue weighted by Crippen LogP contribution is -2.15. The number of carbonyl (C=O) groups is 2. The Labute approximate surface area is 98.5 Å². The molecule has 0 saturated heterocycles. The summed E-state index contributed by atoms with van der Waals surface area (Å²) in [4.78, 5) is 25.4. The summed E-state index contributed by atoms with van der Waals surface area (Å²) in [7, 11) is 0. The third-order valence-electron chi connectivity index (χ3n) is 2.12. The van der Waals surface area contributed by atoms with Crippen LogP contribution in [0.4, 0.5) is 4.79 Å². The highest BCUT2D eigenvalue weighted by Crippen LogP contribution is 2.27. The number of halogens is 1. The SMILES string of the molecule is O=C(O)c1cc2cc(O)c(Cl)nc2n1C(=O)O. The second-order valence-corrected chi connectivity index (χ2v) is 3.52. The van der Waals surface area contributed by atoms with Crippen molar-refractivity contribution in [2.45, 2.75) is 0 Å². The van der Waals surface area contributed by atoms with Gasteiger partial charge in [-0.25, -0.2) is 19.1 Å². The number of pyridine rings is 1. The molecule has 2 rings (SSSR count). The van der Waals surface area contributed by atoms with Gasteiger partial charge in [0.25, 0.3) is 0 Å². The van der Waals surface area contributed by atoms with E-state index in [4.69, 9.17) is 21.8 Å².